The van der Waals surface area contributed by atoms with E-state index in [-0.39, 0.29) is 17.0 Å². The van der Waals surface area contributed by atoms with Crippen molar-refractivity contribution in [3.05, 3.63) is 64.0 Å². The third kappa shape index (κ3) is 4.11. The van der Waals surface area contributed by atoms with Gasteiger partial charge in [-0.1, -0.05) is 29.8 Å². The van der Waals surface area contributed by atoms with Crippen LogP contribution in [-0.4, -0.2) is 33.0 Å². The maximum absolute atomic E-state index is 13.4. The first kappa shape index (κ1) is 22.0. The van der Waals surface area contributed by atoms with Crippen molar-refractivity contribution in [3.8, 4) is 10.6 Å². The van der Waals surface area contributed by atoms with Gasteiger partial charge in [-0.05, 0) is 51.0 Å². The van der Waals surface area contributed by atoms with Crippen LogP contribution in [0.25, 0.3) is 10.6 Å². The predicted molar refractivity (Wildman–Crippen MR) is 120 cm³/mol. The lowest BCUT2D eigenvalue weighted by Crippen LogP contribution is -2.31. The minimum atomic E-state index is -3.91. The molecular formula is C22H24N2O4S2. The van der Waals surface area contributed by atoms with E-state index >= 15 is 0 Å². The van der Waals surface area contributed by atoms with E-state index in [2.05, 4.69) is 4.98 Å². The van der Waals surface area contributed by atoms with Gasteiger partial charge in [0.2, 0.25) is 0 Å². The summed E-state index contributed by atoms with van der Waals surface area (Å²) in [4.78, 5) is 16.7. The number of anilines is 1. The largest absolute Gasteiger partial charge is 0.465 e. The fraction of sp³-hybridized carbons (Fsp3) is 0.273. The van der Waals surface area contributed by atoms with E-state index in [4.69, 9.17) is 4.74 Å². The van der Waals surface area contributed by atoms with Gasteiger partial charge in [0.1, 0.15) is 5.01 Å². The van der Waals surface area contributed by atoms with Gasteiger partial charge in [-0.3, -0.25) is 0 Å². The summed E-state index contributed by atoms with van der Waals surface area (Å²) in [6.45, 7) is 7.51. The molecule has 1 heterocycles. The monoisotopic (exact) mass is 444 g/mol. The first-order valence-corrected chi connectivity index (χ1v) is 11.8. The molecule has 6 nitrogen and oxygen atoms in total. The molecule has 3 rings (SSSR count). The highest BCUT2D eigenvalue weighted by molar-refractivity contribution is 7.92. The van der Waals surface area contributed by atoms with Crippen molar-refractivity contribution in [1.29, 1.82) is 0 Å². The zero-order chi connectivity index (χ0) is 22.1. The summed E-state index contributed by atoms with van der Waals surface area (Å²) < 4.78 is 32.9. The van der Waals surface area contributed by atoms with Crippen molar-refractivity contribution in [2.24, 2.45) is 0 Å². The molecule has 0 atom stereocenters. The zero-order valence-electron chi connectivity index (χ0n) is 17.6. The van der Waals surface area contributed by atoms with E-state index in [1.807, 2.05) is 31.2 Å². The molecular weight excluding hydrogens is 420 g/mol. The Hall–Kier alpha value is -2.71. The van der Waals surface area contributed by atoms with Crippen molar-refractivity contribution in [2.75, 3.05) is 18.0 Å². The normalized spacial score (nSPS) is 11.4. The van der Waals surface area contributed by atoms with Gasteiger partial charge in [0.05, 0.1) is 17.6 Å². The SMILES string of the molecule is CCN(c1csc(-c2ccc(C)cc2)n1)S(=O)(=O)c1cc(C)c(C)c(C(=O)OC)c1. The Morgan fingerprint density at radius 2 is 1.80 bits per heavy atom. The topological polar surface area (TPSA) is 76.6 Å². The molecule has 0 saturated carbocycles. The second-order valence-corrected chi connectivity index (χ2v) is 9.67. The number of hydrogen-bond donors (Lipinski definition) is 0. The molecule has 2 aromatic carbocycles. The Labute approximate surface area is 181 Å². The molecule has 0 saturated heterocycles. The van der Waals surface area contributed by atoms with Crippen molar-refractivity contribution >= 4 is 33.1 Å². The van der Waals surface area contributed by atoms with Gasteiger partial charge in [-0.2, -0.15) is 0 Å². The number of hydrogen-bond acceptors (Lipinski definition) is 6. The van der Waals surface area contributed by atoms with Gasteiger partial charge in [0.25, 0.3) is 10.0 Å². The van der Waals surface area contributed by atoms with Crippen LogP contribution >= 0.6 is 11.3 Å². The molecule has 0 amide bonds. The summed E-state index contributed by atoms with van der Waals surface area (Å²) in [6, 6.07) is 10.9. The highest BCUT2D eigenvalue weighted by atomic mass is 32.2. The smallest absolute Gasteiger partial charge is 0.338 e. The van der Waals surface area contributed by atoms with Crippen LogP contribution in [0.4, 0.5) is 5.82 Å². The number of carbonyl (C=O) groups is 1. The highest BCUT2D eigenvalue weighted by Gasteiger charge is 2.28. The first-order chi connectivity index (χ1) is 14.2. The van der Waals surface area contributed by atoms with Gasteiger partial charge < -0.3 is 4.74 Å². The molecule has 158 valence electrons. The van der Waals surface area contributed by atoms with Crippen LogP contribution in [0.15, 0.2) is 46.7 Å². The van der Waals surface area contributed by atoms with Gasteiger partial charge in [0.15, 0.2) is 5.82 Å². The Morgan fingerprint density at radius 1 is 1.13 bits per heavy atom. The lowest BCUT2D eigenvalue weighted by Gasteiger charge is -2.21. The van der Waals surface area contributed by atoms with E-state index < -0.39 is 16.0 Å². The number of rotatable bonds is 6. The van der Waals surface area contributed by atoms with E-state index in [1.54, 1.807) is 32.2 Å². The summed E-state index contributed by atoms with van der Waals surface area (Å²) in [5, 5.41) is 2.48. The summed E-state index contributed by atoms with van der Waals surface area (Å²) in [7, 11) is -2.64. The summed E-state index contributed by atoms with van der Waals surface area (Å²) in [6.07, 6.45) is 0. The number of benzene rings is 2. The van der Waals surface area contributed by atoms with Gasteiger partial charge >= 0.3 is 5.97 Å². The average molecular weight is 445 g/mol. The standard InChI is InChI=1S/C22H24N2O4S2/c1-6-24(20-13-29-21(23-20)17-9-7-14(2)8-10-17)30(26,27)18-11-15(3)16(4)19(12-18)22(25)28-5/h7-13H,6H2,1-5H3. The summed E-state index contributed by atoms with van der Waals surface area (Å²) in [5.74, 6) is -0.207. The number of sulfonamides is 1. The number of aromatic nitrogens is 1. The Bertz CT molecular complexity index is 1180. The minimum absolute atomic E-state index is 0.0396. The van der Waals surface area contributed by atoms with E-state index in [0.29, 0.717) is 16.9 Å². The Kier molecular flexibility index (Phi) is 6.28. The molecule has 0 radical (unpaired) electrons. The molecule has 0 fully saturated rings. The number of aryl methyl sites for hydroxylation is 2. The van der Waals surface area contributed by atoms with Crippen molar-refractivity contribution < 1.29 is 17.9 Å². The molecule has 0 unspecified atom stereocenters. The van der Waals surface area contributed by atoms with Crippen molar-refractivity contribution in [2.45, 2.75) is 32.6 Å². The number of methoxy groups -OCH3 is 1. The third-order valence-electron chi connectivity index (χ3n) is 4.97. The lowest BCUT2D eigenvalue weighted by atomic mass is 10.0. The number of thiazole rings is 1. The summed E-state index contributed by atoms with van der Waals surface area (Å²) in [5.41, 5.74) is 3.71. The van der Waals surface area contributed by atoms with Crippen molar-refractivity contribution in [3.63, 3.8) is 0 Å². The molecule has 1 aromatic heterocycles. The molecule has 0 spiro atoms. The molecule has 0 bridgehead atoms. The van der Waals surface area contributed by atoms with Crippen LogP contribution in [0.5, 0.6) is 0 Å². The third-order valence-corrected chi connectivity index (χ3v) is 7.70. The van der Waals surface area contributed by atoms with Gasteiger partial charge in [-0.25, -0.2) is 22.5 Å². The quantitative estimate of drug-likeness (QED) is 0.514. The number of nitrogens with zero attached hydrogens (tertiary/aromatic N) is 2. The first-order valence-electron chi connectivity index (χ1n) is 9.44. The fourth-order valence-electron chi connectivity index (χ4n) is 3.09. The molecule has 3 aromatic rings. The molecule has 0 N–H and O–H groups in total. The van der Waals surface area contributed by atoms with Crippen LogP contribution in [0, 0.1) is 20.8 Å². The van der Waals surface area contributed by atoms with Crippen molar-refractivity contribution in [1.82, 2.24) is 4.98 Å². The number of ether oxygens (including phenoxy) is 1. The molecule has 0 aliphatic carbocycles. The number of esters is 1. The Balaban J connectivity index is 2.04. The summed E-state index contributed by atoms with van der Waals surface area (Å²) >= 11 is 1.39. The van der Waals surface area contributed by atoms with Crippen LogP contribution in [0.1, 0.15) is 34.0 Å². The van der Waals surface area contributed by atoms with Gasteiger partial charge in [-0.15, -0.1) is 11.3 Å². The van der Waals surface area contributed by atoms with E-state index in [0.717, 1.165) is 16.1 Å². The molecule has 8 heteroatoms. The van der Waals surface area contributed by atoms with Crippen LogP contribution < -0.4 is 4.31 Å². The second kappa shape index (κ2) is 8.57. The molecule has 30 heavy (non-hydrogen) atoms. The lowest BCUT2D eigenvalue weighted by molar-refractivity contribution is 0.0599. The average Bonchev–Trinajstić information content (AvgIpc) is 3.19. The van der Waals surface area contributed by atoms with Crippen LogP contribution in [0.2, 0.25) is 0 Å². The van der Waals surface area contributed by atoms with Gasteiger partial charge in [0, 0.05) is 17.5 Å². The second-order valence-electron chi connectivity index (χ2n) is 6.95. The Morgan fingerprint density at radius 3 is 2.40 bits per heavy atom. The minimum Gasteiger partial charge on any atom is -0.465 e. The zero-order valence-corrected chi connectivity index (χ0v) is 19.2. The maximum atomic E-state index is 13.4. The van der Waals surface area contributed by atoms with Crippen LogP contribution in [-0.2, 0) is 14.8 Å². The maximum Gasteiger partial charge on any atom is 0.338 e. The van der Waals surface area contributed by atoms with E-state index in [9.17, 15) is 13.2 Å². The fourth-order valence-corrected chi connectivity index (χ4v) is 5.50. The highest BCUT2D eigenvalue weighted by Crippen LogP contribution is 2.31. The predicted octanol–water partition coefficient (Wildman–Crippen LogP) is 4.74. The number of carbonyl (C=O) groups excluding carboxylic acids is 1. The van der Waals surface area contributed by atoms with Crippen LogP contribution in [0.3, 0.4) is 0 Å². The van der Waals surface area contributed by atoms with E-state index in [1.165, 1.54) is 28.8 Å². The molecule has 0 aliphatic heterocycles. The molecule has 0 aliphatic rings.